The van der Waals surface area contributed by atoms with Crippen LogP contribution in [0.1, 0.15) is 24.6 Å². The molecule has 4 nitrogen and oxygen atoms in total. The van der Waals surface area contributed by atoms with Crippen molar-refractivity contribution in [2.45, 2.75) is 19.8 Å². The normalized spacial score (nSPS) is 12.2. The third kappa shape index (κ3) is 6.80. The summed E-state index contributed by atoms with van der Waals surface area (Å²) in [6.07, 6.45) is 5.90. The molecule has 0 aliphatic carbocycles. The fourth-order valence-electron chi connectivity index (χ4n) is 3.13. The maximum Gasteiger partial charge on any atom is 0.229 e. The first kappa shape index (κ1) is 22.7. The van der Waals surface area contributed by atoms with Gasteiger partial charge < -0.3 is 5.32 Å². The molecule has 32 heavy (non-hydrogen) atoms. The third-order valence-corrected chi connectivity index (χ3v) is 4.52. The quantitative estimate of drug-likeness (QED) is 0.423. The van der Waals surface area contributed by atoms with Crippen molar-refractivity contribution in [1.29, 1.82) is 0 Å². The van der Waals surface area contributed by atoms with Gasteiger partial charge >= 0.3 is 0 Å². The van der Waals surface area contributed by atoms with Gasteiger partial charge in [-0.3, -0.25) is 4.79 Å². The van der Waals surface area contributed by atoms with E-state index in [1.165, 1.54) is 19.1 Å². The van der Waals surface area contributed by atoms with E-state index >= 15 is 0 Å². The number of amides is 1. The topological polar surface area (TPSA) is 54.9 Å². The van der Waals surface area contributed by atoms with E-state index in [0.717, 1.165) is 17.2 Å². The average molecular weight is 431 g/mol. The Morgan fingerprint density at radius 3 is 2.41 bits per heavy atom. The smallest absolute Gasteiger partial charge is 0.229 e. The molecule has 2 aromatic carbocycles. The second-order valence-corrected chi connectivity index (χ2v) is 7.10. The second kappa shape index (κ2) is 11.5. The van der Waals surface area contributed by atoms with Gasteiger partial charge in [-0.2, -0.15) is 0 Å². The van der Waals surface area contributed by atoms with Crippen molar-refractivity contribution in [3.8, 4) is 11.3 Å². The Hall–Kier alpha value is -3.93. The molecular weight excluding hydrogens is 408 g/mol. The summed E-state index contributed by atoms with van der Waals surface area (Å²) in [5.41, 5.74) is 3.57. The number of anilines is 1. The number of carbonyl (C=O) groups excluding carboxylic acids is 1. The number of hydrogen-bond donors (Lipinski definition) is 1. The fraction of sp³-hybridized carbons (Fsp3) is 0.115. The van der Waals surface area contributed by atoms with Crippen LogP contribution in [0, 0.1) is 0 Å². The highest BCUT2D eigenvalue weighted by Gasteiger charge is 2.14. The lowest BCUT2D eigenvalue weighted by Crippen LogP contribution is -2.16. The van der Waals surface area contributed by atoms with E-state index in [0.29, 0.717) is 35.5 Å². The lowest BCUT2D eigenvalue weighted by Gasteiger charge is -2.12. The predicted molar refractivity (Wildman–Crippen MR) is 123 cm³/mol. The minimum Gasteiger partial charge on any atom is -0.309 e. The molecule has 0 saturated heterocycles. The Morgan fingerprint density at radius 2 is 1.75 bits per heavy atom. The van der Waals surface area contributed by atoms with Crippen LogP contribution in [0.25, 0.3) is 11.3 Å². The molecule has 0 fully saturated rings. The Kier molecular flexibility index (Phi) is 8.15. The van der Waals surface area contributed by atoms with E-state index in [1.54, 1.807) is 6.20 Å². The second-order valence-electron chi connectivity index (χ2n) is 7.10. The highest BCUT2D eigenvalue weighted by Crippen LogP contribution is 2.22. The predicted octanol–water partition coefficient (Wildman–Crippen LogP) is 6.35. The summed E-state index contributed by atoms with van der Waals surface area (Å²) in [5.74, 6) is -0.551. The standard InChI is InChI=1S/C26H23F2N3O/c1-19(28)15-21(11-8-14-27)17-25(32)31-26-23(16-20-9-4-2-5-10-20)30-24(18-29-26)22-12-6-3-7-13-22/h2-15,18H,16-17H2,1H3,(H,29,31,32)/b14-8+,19-15+,21-11+. The van der Waals surface area contributed by atoms with Crippen LogP contribution in [0.2, 0.25) is 0 Å². The molecule has 0 unspecified atom stereocenters. The monoisotopic (exact) mass is 431 g/mol. The number of carbonyl (C=O) groups is 1. The summed E-state index contributed by atoms with van der Waals surface area (Å²) in [7, 11) is 0. The number of rotatable bonds is 8. The van der Waals surface area contributed by atoms with Gasteiger partial charge in [0.1, 0.15) is 0 Å². The number of hydrogen-bond acceptors (Lipinski definition) is 3. The molecule has 3 aromatic rings. The molecule has 162 valence electrons. The van der Waals surface area contributed by atoms with Gasteiger partial charge in [0.25, 0.3) is 0 Å². The van der Waals surface area contributed by atoms with Gasteiger partial charge in [0.05, 0.1) is 36.2 Å². The van der Waals surface area contributed by atoms with Gasteiger partial charge in [-0.15, -0.1) is 0 Å². The maximum atomic E-state index is 13.3. The van der Waals surface area contributed by atoms with Crippen LogP contribution >= 0.6 is 0 Å². The number of aromatic nitrogens is 2. The molecule has 0 saturated carbocycles. The molecule has 3 rings (SSSR count). The Labute approximate surface area is 186 Å². The summed E-state index contributed by atoms with van der Waals surface area (Å²) in [4.78, 5) is 21.8. The highest BCUT2D eigenvalue weighted by atomic mass is 19.1. The fourth-order valence-corrected chi connectivity index (χ4v) is 3.13. The van der Waals surface area contributed by atoms with E-state index in [-0.39, 0.29) is 6.42 Å². The van der Waals surface area contributed by atoms with Crippen molar-refractivity contribution >= 4 is 11.7 Å². The number of halogens is 2. The molecule has 0 atom stereocenters. The molecule has 1 N–H and O–H groups in total. The van der Waals surface area contributed by atoms with Crippen LogP contribution in [0.3, 0.4) is 0 Å². The van der Waals surface area contributed by atoms with E-state index in [9.17, 15) is 13.6 Å². The van der Waals surface area contributed by atoms with Gasteiger partial charge in [-0.25, -0.2) is 18.7 Å². The lowest BCUT2D eigenvalue weighted by molar-refractivity contribution is -0.115. The number of nitrogens with zero attached hydrogens (tertiary/aromatic N) is 2. The van der Waals surface area contributed by atoms with E-state index in [2.05, 4.69) is 10.3 Å². The molecule has 0 spiro atoms. The number of allylic oxidation sites excluding steroid dienone is 4. The zero-order valence-electron chi connectivity index (χ0n) is 17.6. The zero-order valence-corrected chi connectivity index (χ0v) is 17.6. The van der Waals surface area contributed by atoms with E-state index in [4.69, 9.17) is 4.98 Å². The zero-order chi connectivity index (χ0) is 22.8. The van der Waals surface area contributed by atoms with Crippen LogP contribution in [-0.2, 0) is 11.2 Å². The number of benzene rings is 2. The highest BCUT2D eigenvalue weighted by molar-refractivity contribution is 5.92. The first-order valence-electron chi connectivity index (χ1n) is 10.1. The van der Waals surface area contributed by atoms with Crippen LogP contribution in [-0.4, -0.2) is 15.9 Å². The Morgan fingerprint density at radius 1 is 1.06 bits per heavy atom. The van der Waals surface area contributed by atoms with Crippen LogP contribution < -0.4 is 5.32 Å². The molecule has 0 bridgehead atoms. The van der Waals surface area contributed by atoms with Gasteiger partial charge in [-0.05, 0) is 30.2 Å². The Balaban J connectivity index is 1.88. The van der Waals surface area contributed by atoms with E-state index < -0.39 is 11.7 Å². The molecule has 1 aromatic heterocycles. The molecule has 1 heterocycles. The van der Waals surface area contributed by atoms with Crippen molar-refractivity contribution < 1.29 is 13.6 Å². The van der Waals surface area contributed by atoms with Crippen LogP contribution in [0.4, 0.5) is 14.6 Å². The lowest BCUT2D eigenvalue weighted by atomic mass is 10.1. The van der Waals surface area contributed by atoms with Crippen molar-refractivity contribution in [3.63, 3.8) is 0 Å². The van der Waals surface area contributed by atoms with Crippen molar-refractivity contribution in [2.24, 2.45) is 0 Å². The van der Waals surface area contributed by atoms with Gasteiger partial charge in [-0.1, -0.05) is 66.7 Å². The molecular formula is C26H23F2N3O. The van der Waals surface area contributed by atoms with Gasteiger partial charge in [0.2, 0.25) is 5.91 Å². The van der Waals surface area contributed by atoms with Gasteiger partial charge in [0, 0.05) is 12.0 Å². The average Bonchev–Trinajstić information content (AvgIpc) is 2.79. The summed E-state index contributed by atoms with van der Waals surface area (Å²) in [6, 6.07) is 19.4. The largest absolute Gasteiger partial charge is 0.309 e. The van der Waals surface area contributed by atoms with Crippen molar-refractivity contribution in [2.75, 3.05) is 5.32 Å². The SMILES string of the molecule is C\C(F)=C/C(=C\C=C\F)CC(=O)Nc1ncc(-c2ccccc2)nc1Cc1ccccc1. The molecule has 0 aliphatic heterocycles. The first-order valence-corrected chi connectivity index (χ1v) is 10.1. The summed E-state index contributed by atoms with van der Waals surface area (Å²) < 4.78 is 25.7. The van der Waals surface area contributed by atoms with Crippen molar-refractivity contribution in [1.82, 2.24) is 9.97 Å². The third-order valence-electron chi connectivity index (χ3n) is 4.52. The first-order chi connectivity index (χ1) is 15.5. The molecule has 0 aliphatic rings. The van der Waals surface area contributed by atoms with Gasteiger partial charge in [0.15, 0.2) is 5.82 Å². The summed E-state index contributed by atoms with van der Waals surface area (Å²) in [5, 5.41) is 2.77. The Bertz CT molecular complexity index is 1140. The number of nitrogens with one attached hydrogen (secondary N) is 1. The molecule has 6 heteroatoms. The summed E-state index contributed by atoms with van der Waals surface area (Å²) in [6.45, 7) is 1.26. The van der Waals surface area contributed by atoms with Crippen molar-refractivity contribution in [3.05, 3.63) is 114 Å². The summed E-state index contributed by atoms with van der Waals surface area (Å²) >= 11 is 0. The molecule has 1 amide bonds. The minimum atomic E-state index is -0.479. The maximum absolute atomic E-state index is 13.3. The van der Waals surface area contributed by atoms with Crippen LogP contribution in [0.5, 0.6) is 0 Å². The minimum absolute atomic E-state index is 0.140. The molecule has 0 radical (unpaired) electrons. The van der Waals surface area contributed by atoms with E-state index in [1.807, 2.05) is 60.7 Å². The van der Waals surface area contributed by atoms with Crippen LogP contribution in [0.15, 0.2) is 103 Å².